The molecule has 130 valence electrons. The van der Waals surface area contributed by atoms with E-state index in [1.165, 1.54) is 15.3 Å². The van der Waals surface area contributed by atoms with Crippen molar-refractivity contribution >= 4 is 15.9 Å². The molecular weight excluding hydrogens is 316 g/mol. The number of aryl methyl sites for hydroxylation is 1. The Morgan fingerprint density at radius 1 is 1.13 bits per heavy atom. The van der Waals surface area contributed by atoms with Crippen molar-refractivity contribution in [2.24, 2.45) is 0 Å². The van der Waals surface area contributed by atoms with Crippen molar-refractivity contribution in [1.82, 2.24) is 9.21 Å². The Morgan fingerprint density at radius 3 is 2.22 bits per heavy atom. The molecule has 0 spiro atoms. The lowest BCUT2D eigenvalue weighted by Gasteiger charge is -2.22. The molecule has 0 fully saturated rings. The van der Waals surface area contributed by atoms with Gasteiger partial charge in [0, 0.05) is 31.7 Å². The van der Waals surface area contributed by atoms with Gasteiger partial charge < -0.3 is 10.0 Å². The SMILES string of the molecule is CCN(CCO)C(=O)c1ccc(C)c(S(=O)(=O)N(CC)CC)c1. The summed E-state index contributed by atoms with van der Waals surface area (Å²) in [6.45, 7) is 8.40. The van der Waals surface area contributed by atoms with E-state index < -0.39 is 10.0 Å². The molecule has 0 radical (unpaired) electrons. The van der Waals surface area contributed by atoms with Gasteiger partial charge in [-0.2, -0.15) is 4.31 Å². The quantitative estimate of drug-likeness (QED) is 0.776. The summed E-state index contributed by atoms with van der Waals surface area (Å²) in [4.78, 5) is 14.1. The lowest BCUT2D eigenvalue weighted by atomic mass is 10.1. The normalized spacial score (nSPS) is 11.7. The molecule has 0 aliphatic carbocycles. The van der Waals surface area contributed by atoms with Crippen molar-refractivity contribution in [2.75, 3.05) is 32.8 Å². The van der Waals surface area contributed by atoms with Crippen LogP contribution in [0.5, 0.6) is 0 Å². The minimum absolute atomic E-state index is 0.129. The maximum atomic E-state index is 12.7. The maximum Gasteiger partial charge on any atom is 0.253 e. The van der Waals surface area contributed by atoms with Crippen LogP contribution in [-0.4, -0.2) is 61.4 Å². The van der Waals surface area contributed by atoms with Crippen LogP contribution in [0.25, 0.3) is 0 Å². The predicted molar refractivity (Wildman–Crippen MR) is 89.9 cm³/mol. The highest BCUT2D eigenvalue weighted by Crippen LogP contribution is 2.22. The topological polar surface area (TPSA) is 77.9 Å². The third kappa shape index (κ3) is 4.31. The summed E-state index contributed by atoms with van der Waals surface area (Å²) in [5, 5.41) is 9.03. The molecular formula is C16H26N2O4S. The lowest BCUT2D eigenvalue weighted by molar-refractivity contribution is 0.0731. The summed E-state index contributed by atoms with van der Waals surface area (Å²) in [6.07, 6.45) is 0. The molecule has 0 saturated heterocycles. The number of carbonyl (C=O) groups is 1. The first kappa shape index (κ1) is 19.6. The Bertz CT molecular complexity index is 639. The highest BCUT2D eigenvalue weighted by atomic mass is 32.2. The number of rotatable bonds is 8. The zero-order valence-electron chi connectivity index (χ0n) is 14.2. The number of amides is 1. The first-order chi connectivity index (χ1) is 10.8. The van der Waals surface area contributed by atoms with Crippen molar-refractivity contribution in [1.29, 1.82) is 0 Å². The fraction of sp³-hybridized carbons (Fsp3) is 0.562. The van der Waals surface area contributed by atoms with E-state index in [2.05, 4.69) is 0 Å². The predicted octanol–water partition coefficient (Wildman–Crippen LogP) is 1.48. The Kier molecular flexibility index (Phi) is 7.18. The molecule has 0 bridgehead atoms. The van der Waals surface area contributed by atoms with Gasteiger partial charge in [-0.15, -0.1) is 0 Å². The van der Waals surface area contributed by atoms with Crippen molar-refractivity contribution in [3.63, 3.8) is 0 Å². The molecule has 1 aromatic rings. The average molecular weight is 342 g/mol. The number of hydrogen-bond acceptors (Lipinski definition) is 4. The molecule has 1 aromatic carbocycles. The van der Waals surface area contributed by atoms with E-state index in [9.17, 15) is 13.2 Å². The minimum Gasteiger partial charge on any atom is -0.395 e. The molecule has 1 rings (SSSR count). The zero-order chi connectivity index (χ0) is 17.6. The smallest absolute Gasteiger partial charge is 0.253 e. The molecule has 0 aliphatic heterocycles. The number of aliphatic hydroxyl groups is 1. The summed E-state index contributed by atoms with van der Waals surface area (Å²) < 4.78 is 26.8. The second-order valence-corrected chi connectivity index (χ2v) is 7.08. The third-order valence-corrected chi connectivity index (χ3v) is 5.99. The fourth-order valence-electron chi connectivity index (χ4n) is 2.42. The summed E-state index contributed by atoms with van der Waals surface area (Å²) in [6, 6.07) is 4.71. The summed E-state index contributed by atoms with van der Waals surface area (Å²) in [7, 11) is -3.62. The molecule has 23 heavy (non-hydrogen) atoms. The van der Waals surface area contributed by atoms with E-state index in [1.54, 1.807) is 32.9 Å². The van der Waals surface area contributed by atoms with Crippen LogP contribution < -0.4 is 0 Å². The highest BCUT2D eigenvalue weighted by Gasteiger charge is 2.25. The Hall–Kier alpha value is -1.44. The summed E-state index contributed by atoms with van der Waals surface area (Å²) >= 11 is 0. The van der Waals surface area contributed by atoms with Gasteiger partial charge in [-0.1, -0.05) is 19.9 Å². The van der Waals surface area contributed by atoms with Crippen molar-refractivity contribution in [3.05, 3.63) is 29.3 Å². The van der Waals surface area contributed by atoms with E-state index >= 15 is 0 Å². The number of nitrogens with zero attached hydrogens (tertiary/aromatic N) is 2. The molecule has 0 heterocycles. The van der Waals surface area contributed by atoms with Crippen LogP contribution in [-0.2, 0) is 10.0 Å². The standard InChI is InChI=1S/C16H26N2O4S/c1-5-17(10-11-19)16(20)14-9-8-13(4)15(12-14)23(21,22)18(6-2)7-3/h8-9,12,19H,5-7,10-11H2,1-4H3. The molecule has 0 unspecified atom stereocenters. The second kappa shape index (κ2) is 8.42. The molecule has 1 amide bonds. The van der Waals surface area contributed by atoms with Gasteiger partial charge in [0.2, 0.25) is 10.0 Å². The van der Waals surface area contributed by atoms with Crippen LogP contribution in [0.15, 0.2) is 23.1 Å². The summed E-state index contributed by atoms with van der Waals surface area (Å²) in [5.41, 5.74) is 0.926. The van der Waals surface area contributed by atoms with Gasteiger partial charge in [-0.05, 0) is 31.5 Å². The number of benzene rings is 1. The van der Waals surface area contributed by atoms with E-state index in [-0.39, 0.29) is 24.0 Å². The van der Waals surface area contributed by atoms with Crippen LogP contribution in [0.3, 0.4) is 0 Å². The number of sulfonamides is 1. The lowest BCUT2D eigenvalue weighted by Crippen LogP contribution is -2.34. The van der Waals surface area contributed by atoms with Gasteiger partial charge in [0.1, 0.15) is 0 Å². The van der Waals surface area contributed by atoms with Crippen molar-refractivity contribution < 1.29 is 18.3 Å². The molecule has 1 N–H and O–H groups in total. The van der Waals surface area contributed by atoms with Gasteiger partial charge in [0.25, 0.3) is 5.91 Å². The Balaban J connectivity index is 3.31. The highest BCUT2D eigenvalue weighted by molar-refractivity contribution is 7.89. The maximum absolute atomic E-state index is 12.7. The monoisotopic (exact) mass is 342 g/mol. The first-order valence-electron chi connectivity index (χ1n) is 7.84. The number of aliphatic hydroxyl groups excluding tert-OH is 1. The Morgan fingerprint density at radius 2 is 1.74 bits per heavy atom. The number of hydrogen-bond donors (Lipinski definition) is 1. The fourth-order valence-corrected chi connectivity index (χ4v) is 4.13. The van der Waals surface area contributed by atoms with Crippen molar-refractivity contribution in [3.8, 4) is 0 Å². The first-order valence-corrected chi connectivity index (χ1v) is 9.28. The molecule has 0 saturated carbocycles. The molecule has 7 heteroatoms. The molecule has 0 aromatic heterocycles. The van der Waals surface area contributed by atoms with Gasteiger partial charge in [-0.3, -0.25) is 4.79 Å². The average Bonchev–Trinajstić information content (AvgIpc) is 2.53. The van der Waals surface area contributed by atoms with Gasteiger partial charge in [0.05, 0.1) is 11.5 Å². The van der Waals surface area contributed by atoms with Gasteiger partial charge in [0.15, 0.2) is 0 Å². The van der Waals surface area contributed by atoms with Crippen LogP contribution in [0.2, 0.25) is 0 Å². The van der Waals surface area contributed by atoms with Crippen molar-refractivity contribution in [2.45, 2.75) is 32.6 Å². The molecule has 0 aliphatic rings. The van der Waals surface area contributed by atoms with E-state index in [1.807, 2.05) is 6.92 Å². The number of likely N-dealkylation sites (N-methyl/N-ethyl adjacent to an activating group) is 1. The number of carbonyl (C=O) groups excluding carboxylic acids is 1. The zero-order valence-corrected chi connectivity index (χ0v) is 15.1. The Labute approximate surface area is 138 Å². The van der Waals surface area contributed by atoms with Gasteiger partial charge >= 0.3 is 0 Å². The van der Waals surface area contributed by atoms with E-state index in [0.29, 0.717) is 30.8 Å². The molecule has 0 atom stereocenters. The third-order valence-electron chi connectivity index (χ3n) is 3.80. The largest absolute Gasteiger partial charge is 0.395 e. The van der Waals surface area contributed by atoms with Crippen LogP contribution in [0, 0.1) is 6.92 Å². The minimum atomic E-state index is -3.62. The van der Waals surface area contributed by atoms with Crippen LogP contribution in [0.1, 0.15) is 36.7 Å². The summed E-state index contributed by atoms with van der Waals surface area (Å²) in [5.74, 6) is -0.280. The van der Waals surface area contributed by atoms with Crippen LogP contribution in [0.4, 0.5) is 0 Å². The van der Waals surface area contributed by atoms with Gasteiger partial charge in [-0.25, -0.2) is 8.42 Å². The molecule has 6 nitrogen and oxygen atoms in total. The second-order valence-electron chi connectivity index (χ2n) is 5.18. The van der Waals surface area contributed by atoms with E-state index in [4.69, 9.17) is 5.11 Å². The van der Waals surface area contributed by atoms with E-state index in [0.717, 1.165) is 0 Å². The van der Waals surface area contributed by atoms with Crippen LogP contribution >= 0.6 is 0 Å².